The highest BCUT2D eigenvalue weighted by atomic mass is 16.4. The van der Waals surface area contributed by atoms with Crippen molar-refractivity contribution in [3.05, 3.63) is 41.5 Å². The average Bonchev–Trinajstić information content (AvgIpc) is 2.28. The lowest BCUT2D eigenvalue weighted by Gasteiger charge is -2.02. The van der Waals surface area contributed by atoms with Gasteiger partial charge in [-0.25, -0.2) is 19.7 Å². The number of carboxylic acid groups (broad SMARTS) is 1. The van der Waals surface area contributed by atoms with Gasteiger partial charge < -0.3 is 5.11 Å². The SMILES string of the molecule is Cc1nc(C)nc(-c2ccc(C(=O)O)cc2)n1. The van der Waals surface area contributed by atoms with Crippen molar-refractivity contribution in [2.75, 3.05) is 0 Å². The standard InChI is InChI=1S/C12H11N3O2/c1-7-13-8(2)15-11(14-7)9-3-5-10(6-4-9)12(16)17/h3-6H,1-2H3,(H,16,17). The van der Waals surface area contributed by atoms with E-state index in [1.165, 1.54) is 12.1 Å². The molecular weight excluding hydrogens is 218 g/mol. The molecule has 0 bridgehead atoms. The first-order valence-electron chi connectivity index (χ1n) is 5.09. The molecule has 0 aliphatic rings. The topological polar surface area (TPSA) is 76.0 Å². The van der Waals surface area contributed by atoms with E-state index < -0.39 is 5.97 Å². The second kappa shape index (κ2) is 4.29. The van der Waals surface area contributed by atoms with Crippen LogP contribution in [0.1, 0.15) is 22.0 Å². The van der Waals surface area contributed by atoms with Gasteiger partial charge in [0.05, 0.1) is 5.56 Å². The smallest absolute Gasteiger partial charge is 0.335 e. The Morgan fingerprint density at radius 2 is 1.53 bits per heavy atom. The molecule has 0 spiro atoms. The van der Waals surface area contributed by atoms with E-state index in [1.54, 1.807) is 26.0 Å². The van der Waals surface area contributed by atoms with Crippen LogP contribution in [-0.2, 0) is 0 Å². The number of rotatable bonds is 2. The molecule has 0 aliphatic heterocycles. The maximum atomic E-state index is 10.7. The summed E-state index contributed by atoms with van der Waals surface area (Å²) in [6, 6.07) is 6.45. The van der Waals surface area contributed by atoms with Gasteiger partial charge in [0, 0.05) is 5.56 Å². The van der Waals surface area contributed by atoms with Gasteiger partial charge in [-0.1, -0.05) is 12.1 Å². The van der Waals surface area contributed by atoms with Crippen LogP contribution in [0.15, 0.2) is 24.3 Å². The maximum absolute atomic E-state index is 10.7. The largest absolute Gasteiger partial charge is 0.478 e. The summed E-state index contributed by atoms with van der Waals surface area (Å²) in [6.45, 7) is 3.59. The van der Waals surface area contributed by atoms with E-state index in [0.717, 1.165) is 5.56 Å². The summed E-state index contributed by atoms with van der Waals surface area (Å²) in [4.78, 5) is 23.2. The van der Waals surface area contributed by atoms with Gasteiger partial charge in [-0.15, -0.1) is 0 Å². The number of benzene rings is 1. The summed E-state index contributed by atoms with van der Waals surface area (Å²) in [6.07, 6.45) is 0. The fourth-order valence-corrected chi connectivity index (χ4v) is 1.51. The third kappa shape index (κ3) is 2.44. The molecule has 0 saturated carbocycles. The first kappa shape index (κ1) is 11.2. The number of hydrogen-bond donors (Lipinski definition) is 1. The van der Waals surface area contributed by atoms with Gasteiger partial charge in [0.25, 0.3) is 0 Å². The quantitative estimate of drug-likeness (QED) is 0.850. The molecule has 0 fully saturated rings. The third-order valence-electron chi connectivity index (χ3n) is 2.25. The molecule has 1 aromatic carbocycles. The van der Waals surface area contributed by atoms with Crippen molar-refractivity contribution >= 4 is 5.97 Å². The Balaban J connectivity index is 2.43. The van der Waals surface area contributed by atoms with Crippen molar-refractivity contribution in [1.29, 1.82) is 0 Å². The van der Waals surface area contributed by atoms with E-state index in [-0.39, 0.29) is 5.56 Å². The summed E-state index contributed by atoms with van der Waals surface area (Å²) in [5, 5.41) is 8.79. The van der Waals surface area contributed by atoms with Crippen LogP contribution in [0.2, 0.25) is 0 Å². The molecule has 17 heavy (non-hydrogen) atoms. The van der Waals surface area contributed by atoms with Gasteiger partial charge in [0.15, 0.2) is 5.82 Å². The number of carbonyl (C=O) groups is 1. The average molecular weight is 229 g/mol. The zero-order chi connectivity index (χ0) is 12.4. The van der Waals surface area contributed by atoms with Crippen LogP contribution in [0, 0.1) is 13.8 Å². The molecule has 5 heteroatoms. The number of carboxylic acids is 1. The predicted molar refractivity (Wildman–Crippen MR) is 61.7 cm³/mol. The highest BCUT2D eigenvalue weighted by Gasteiger charge is 2.06. The lowest BCUT2D eigenvalue weighted by Crippen LogP contribution is -2.00. The van der Waals surface area contributed by atoms with Gasteiger partial charge in [0.1, 0.15) is 11.6 Å². The Morgan fingerprint density at radius 1 is 1.00 bits per heavy atom. The monoisotopic (exact) mass is 229 g/mol. The van der Waals surface area contributed by atoms with E-state index in [0.29, 0.717) is 17.5 Å². The molecule has 0 atom stereocenters. The van der Waals surface area contributed by atoms with E-state index in [2.05, 4.69) is 15.0 Å². The van der Waals surface area contributed by atoms with Gasteiger partial charge in [-0.2, -0.15) is 0 Å². The van der Waals surface area contributed by atoms with Crippen molar-refractivity contribution in [2.24, 2.45) is 0 Å². The first-order chi connectivity index (χ1) is 8.06. The molecule has 0 saturated heterocycles. The number of aromatic carboxylic acids is 1. The molecule has 1 aromatic heterocycles. The molecule has 86 valence electrons. The molecule has 0 aliphatic carbocycles. The van der Waals surface area contributed by atoms with Gasteiger partial charge in [-0.05, 0) is 26.0 Å². The lowest BCUT2D eigenvalue weighted by atomic mass is 10.1. The van der Waals surface area contributed by atoms with Crippen molar-refractivity contribution < 1.29 is 9.90 Å². The molecule has 1 N–H and O–H groups in total. The van der Waals surface area contributed by atoms with E-state index >= 15 is 0 Å². The van der Waals surface area contributed by atoms with Crippen LogP contribution >= 0.6 is 0 Å². The Kier molecular flexibility index (Phi) is 2.82. The fourth-order valence-electron chi connectivity index (χ4n) is 1.51. The van der Waals surface area contributed by atoms with Gasteiger partial charge in [0.2, 0.25) is 0 Å². The van der Waals surface area contributed by atoms with Crippen molar-refractivity contribution in [2.45, 2.75) is 13.8 Å². The second-order valence-corrected chi connectivity index (χ2v) is 3.64. The number of hydrogen-bond acceptors (Lipinski definition) is 4. The minimum Gasteiger partial charge on any atom is -0.478 e. The fraction of sp³-hybridized carbons (Fsp3) is 0.167. The highest BCUT2D eigenvalue weighted by Crippen LogP contribution is 2.15. The van der Waals surface area contributed by atoms with Gasteiger partial charge >= 0.3 is 5.97 Å². The van der Waals surface area contributed by atoms with Crippen LogP contribution in [0.5, 0.6) is 0 Å². The Labute approximate surface area is 98.2 Å². The molecule has 0 unspecified atom stereocenters. The molecule has 5 nitrogen and oxygen atoms in total. The van der Waals surface area contributed by atoms with Gasteiger partial charge in [-0.3, -0.25) is 0 Å². The second-order valence-electron chi connectivity index (χ2n) is 3.64. The lowest BCUT2D eigenvalue weighted by molar-refractivity contribution is 0.0697. The molecule has 2 rings (SSSR count). The van der Waals surface area contributed by atoms with Crippen LogP contribution in [0.4, 0.5) is 0 Å². The minimum absolute atomic E-state index is 0.247. The predicted octanol–water partition coefficient (Wildman–Crippen LogP) is 1.85. The molecule has 2 aromatic rings. The molecular formula is C12H11N3O2. The van der Waals surface area contributed by atoms with Crippen molar-refractivity contribution in [3.63, 3.8) is 0 Å². The van der Waals surface area contributed by atoms with Crippen LogP contribution in [-0.4, -0.2) is 26.0 Å². The summed E-state index contributed by atoms with van der Waals surface area (Å²) in [5.41, 5.74) is 1.03. The summed E-state index contributed by atoms with van der Waals surface area (Å²) >= 11 is 0. The zero-order valence-electron chi connectivity index (χ0n) is 9.51. The molecule has 1 heterocycles. The maximum Gasteiger partial charge on any atom is 0.335 e. The van der Waals surface area contributed by atoms with Crippen LogP contribution < -0.4 is 0 Å². The highest BCUT2D eigenvalue weighted by molar-refractivity contribution is 5.88. The van der Waals surface area contributed by atoms with Crippen LogP contribution in [0.25, 0.3) is 11.4 Å². The number of aryl methyl sites for hydroxylation is 2. The Bertz CT molecular complexity index is 544. The number of aromatic nitrogens is 3. The minimum atomic E-state index is -0.945. The Hall–Kier alpha value is -2.30. The molecule has 0 radical (unpaired) electrons. The summed E-state index contributed by atoms with van der Waals surface area (Å²) in [7, 11) is 0. The van der Waals surface area contributed by atoms with E-state index in [9.17, 15) is 4.79 Å². The summed E-state index contributed by atoms with van der Waals surface area (Å²) in [5.74, 6) is 0.913. The number of nitrogens with zero attached hydrogens (tertiary/aromatic N) is 3. The third-order valence-corrected chi connectivity index (χ3v) is 2.25. The first-order valence-corrected chi connectivity index (χ1v) is 5.09. The molecule has 0 amide bonds. The van der Waals surface area contributed by atoms with Crippen molar-refractivity contribution in [1.82, 2.24) is 15.0 Å². The van der Waals surface area contributed by atoms with Crippen LogP contribution in [0.3, 0.4) is 0 Å². The van der Waals surface area contributed by atoms with Crippen molar-refractivity contribution in [3.8, 4) is 11.4 Å². The normalized spacial score (nSPS) is 10.2. The van der Waals surface area contributed by atoms with E-state index in [1.807, 2.05) is 0 Å². The Morgan fingerprint density at radius 3 is 2.00 bits per heavy atom. The zero-order valence-corrected chi connectivity index (χ0v) is 9.51. The van der Waals surface area contributed by atoms with E-state index in [4.69, 9.17) is 5.11 Å². The summed E-state index contributed by atoms with van der Waals surface area (Å²) < 4.78 is 0.